The third-order valence-corrected chi connectivity index (χ3v) is 2.57. The van der Waals surface area contributed by atoms with Crippen molar-refractivity contribution < 1.29 is 18.7 Å². The van der Waals surface area contributed by atoms with Crippen LogP contribution >= 0.6 is 0 Å². The van der Waals surface area contributed by atoms with Crippen LogP contribution in [-0.4, -0.2) is 29.9 Å². The first-order valence-electron chi connectivity index (χ1n) is 5.21. The van der Waals surface area contributed by atoms with Crippen LogP contribution in [0.3, 0.4) is 0 Å². The Kier molecular flexibility index (Phi) is 3.35. The van der Waals surface area contributed by atoms with Crippen LogP contribution in [0.15, 0.2) is 18.2 Å². The minimum atomic E-state index is -0.517. The molecule has 0 saturated carbocycles. The van der Waals surface area contributed by atoms with Gasteiger partial charge in [-0.3, -0.25) is 14.5 Å². The van der Waals surface area contributed by atoms with Crippen molar-refractivity contribution in [3.8, 4) is 6.07 Å². The van der Waals surface area contributed by atoms with E-state index < -0.39 is 17.6 Å². The largest absolute Gasteiger partial charge is 0.362 e. The summed E-state index contributed by atoms with van der Waals surface area (Å²) in [5, 5.41) is 8.89. The highest BCUT2D eigenvalue weighted by Gasteiger charge is 2.27. The summed E-state index contributed by atoms with van der Waals surface area (Å²) in [7, 11) is 0. The first-order chi connectivity index (χ1) is 8.61. The lowest BCUT2D eigenvalue weighted by Crippen LogP contribution is -2.45. The van der Waals surface area contributed by atoms with Gasteiger partial charge >= 0.3 is 0 Å². The Bertz CT molecular complexity index is 535. The molecule has 2 rings (SSSR count). The third kappa shape index (κ3) is 2.36. The molecule has 1 aromatic rings. The summed E-state index contributed by atoms with van der Waals surface area (Å²) < 4.78 is 17.9. The molecule has 1 heterocycles. The number of carbonyl (C=O) groups is 2. The maximum atomic E-state index is 13.1. The van der Waals surface area contributed by atoms with Gasteiger partial charge in [0.15, 0.2) is 0 Å². The highest BCUT2D eigenvalue weighted by Crippen LogP contribution is 2.15. The van der Waals surface area contributed by atoms with Gasteiger partial charge in [-0.05, 0) is 23.8 Å². The van der Waals surface area contributed by atoms with E-state index in [9.17, 15) is 14.0 Å². The monoisotopic (exact) mass is 248 g/mol. The molecule has 0 bridgehead atoms. The fraction of sp³-hybridized carbons (Fsp3) is 0.250. The maximum absolute atomic E-state index is 13.1. The zero-order chi connectivity index (χ0) is 13.1. The van der Waals surface area contributed by atoms with E-state index >= 15 is 0 Å². The zero-order valence-corrected chi connectivity index (χ0v) is 9.35. The molecule has 0 aliphatic carbocycles. The van der Waals surface area contributed by atoms with E-state index in [0.29, 0.717) is 5.56 Å². The van der Waals surface area contributed by atoms with Crippen LogP contribution in [-0.2, 0) is 20.9 Å². The van der Waals surface area contributed by atoms with Crippen LogP contribution in [0.25, 0.3) is 0 Å². The molecule has 1 aliphatic rings. The number of hydrogen-bond donors (Lipinski definition) is 0. The van der Waals surface area contributed by atoms with Gasteiger partial charge in [0.1, 0.15) is 19.0 Å². The molecule has 1 fully saturated rings. The number of benzene rings is 1. The molecule has 1 aromatic carbocycles. The van der Waals surface area contributed by atoms with Crippen molar-refractivity contribution in [3.05, 3.63) is 35.1 Å². The number of amides is 2. The molecule has 0 unspecified atom stereocenters. The quantitative estimate of drug-likeness (QED) is 0.718. The van der Waals surface area contributed by atoms with E-state index in [1.54, 1.807) is 0 Å². The van der Waals surface area contributed by atoms with Crippen molar-refractivity contribution in [1.29, 1.82) is 5.26 Å². The van der Waals surface area contributed by atoms with E-state index in [-0.39, 0.29) is 25.3 Å². The predicted molar refractivity (Wildman–Crippen MR) is 57.5 cm³/mol. The van der Waals surface area contributed by atoms with Gasteiger partial charge in [0, 0.05) is 0 Å². The smallest absolute Gasteiger partial charge is 0.255 e. The van der Waals surface area contributed by atoms with Crippen molar-refractivity contribution >= 4 is 11.8 Å². The summed E-state index contributed by atoms with van der Waals surface area (Å²) >= 11 is 0. The second-order valence-electron chi connectivity index (χ2n) is 3.78. The Morgan fingerprint density at radius 1 is 1.33 bits per heavy atom. The number of nitrogens with zero attached hydrogens (tertiary/aromatic N) is 2. The van der Waals surface area contributed by atoms with Crippen LogP contribution < -0.4 is 0 Å². The normalized spacial score (nSPS) is 15.7. The Hall–Kier alpha value is -2.26. The number of morpholine rings is 1. The van der Waals surface area contributed by atoms with Gasteiger partial charge in [-0.15, -0.1) is 0 Å². The van der Waals surface area contributed by atoms with E-state index in [2.05, 4.69) is 0 Å². The van der Waals surface area contributed by atoms with Gasteiger partial charge in [0.25, 0.3) is 11.8 Å². The average molecular weight is 248 g/mol. The molecule has 2 amide bonds. The van der Waals surface area contributed by atoms with Crippen LogP contribution in [0.1, 0.15) is 11.1 Å². The molecule has 5 nitrogen and oxygen atoms in total. The molecule has 0 radical (unpaired) electrons. The molecular formula is C12H9FN2O3. The van der Waals surface area contributed by atoms with E-state index in [4.69, 9.17) is 10.00 Å². The van der Waals surface area contributed by atoms with Gasteiger partial charge in [-0.25, -0.2) is 4.39 Å². The molecule has 18 heavy (non-hydrogen) atoms. The number of hydrogen-bond acceptors (Lipinski definition) is 4. The number of nitriles is 1. The number of carbonyl (C=O) groups excluding carboxylic acids is 2. The van der Waals surface area contributed by atoms with Crippen molar-refractivity contribution in [1.82, 2.24) is 4.90 Å². The van der Waals surface area contributed by atoms with E-state index in [1.165, 1.54) is 6.07 Å². The van der Waals surface area contributed by atoms with Gasteiger partial charge < -0.3 is 4.74 Å². The average Bonchev–Trinajstić information content (AvgIpc) is 2.34. The lowest BCUT2D eigenvalue weighted by molar-refractivity contribution is -0.159. The van der Waals surface area contributed by atoms with Gasteiger partial charge in [-0.1, -0.05) is 0 Å². The molecule has 6 heteroatoms. The Labute approximate surface area is 102 Å². The number of rotatable bonds is 2. The fourth-order valence-corrected chi connectivity index (χ4v) is 1.67. The standard InChI is InChI=1S/C12H9FN2O3/c13-10-2-1-8(4-14)9(3-10)5-15-11(16)6-18-7-12(15)17/h1-3H,5-7H2. The van der Waals surface area contributed by atoms with Crippen LogP contribution in [0.2, 0.25) is 0 Å². The van der Waals surface area contributed by atoms with E-state index in [0.717, 1.165) is 17.0 Å². The Morgan fingerprint density at radius 2 is 2.00 bits per heavy atom. The summed E-state index contributed by atoms with van der Waals surface area (Å²) in [6.07, 6.45) is 0. The highest BCUT2D eigenvalue weighted by atomic mass is 19.1. The molecule has 0 spiro atoms. The summed E-state index contributed by atoms with van der Waals surface area (Å²) in [6, 6.07) is 5.52. The van der Waals surface area contributed by atoms with Gasteiger partial charge in [-0.2, -0.15) is 5.26 Å². The summed E-state index contributed by atoms with van der Waals surface area (Å²) in [5.74, 6) is -1.49. The minimum Gasteiger partial charge on any atom is -0.362 e. The van der Waals surface area contributed by atoms with Crippen LogP contribution in [0.4, 0.5) is 4.39 Å². The SMILES string of the molecule is N#Cc1ccc(F)cc1CN1C(=O)COCC1=O. The molecule has 1 aliphatic heterocycles. The predicted octanol–water partition coefficient (Wildman–Crippen LogP) is 0.583. The molecule has 0 atom stereocenters. The summed E-state index contributed by atoms with van der Waals surface area (Å²) in [5.41, 5.74) is 0.546. The first kappa shape index (κ1) is 12.2. The second-order valence-corrected chi connectivity index (χ2v) is 3.78. The zero-order valence-electron chi connectivity index (χ0n) is 9.35. The number of imide groups is 1. The molecule has 0 N–H and O–H groups in total. The lowest BCUT2D eigenvalue weighted by Gasteiger charge is -2.25. The van der Waals surface area contributed by atoms with Crippen molar-refractivity contribution in [3.63, 3.8) is 0 Å². The first-order valence-corrected chi connectivity index (χ1v) is 5.21. The maximum Gasteiger partial charge on any atom is 0.255 e. The fourth-order valence-electron chi connectivity index (χ4n) is 1.67. The van der Waals surface area contributed by atoms with Gasteiger partial charge in [0.05, 0.1) is 18.2 Å². The second kappa shape index (κ2) is 4.94. The third-order valence-electron chi connectivity index (χ3n) is 2.57. The van der Waals surface area contributed by atoms with Crippen molar-refractivity contribution in [2.75, 3.05) is 13.2 Å². The van der Waals surface area contributed by atoms with Crippen LogP contribution in [0, 0.1) is 17.1 Å². The van der Waals surface area contributed by atoms with Gasteiger partial charge in [0.2, 0.25) is 0 Å². The van der Waals surface area contributed by atoms with Crippen molar-refractivity contribution in [2.45, 2.75) is 6.54 Å². The highest BCUT2D eigenvalue weighted by molar-refractivity contribution is 5.98. The molecular weight excluding hydrogens is 239 g/mol. The molecule has 92 valence electrons. The number of ether oxygens (including phenoxy) is 1. The van der Waals surface area contributed by atoms with E-state index in [1.807, 2.05) is 6.07 Å². The lowest BCUT2D eigenvalue weighted by atomic mass is 10.1. The molecule has 1 saturated heterocycles. The van der Waals surface area contributed by atoms with Crippen LogP contribution in [0.5, 0.6) is 0 Å². The summed E-state index contributed by atoms with van der Waals surface area (Å²) in [6.45, 7) is -0.465. The number of halogens is 1. The molecule has 0 aromatic heterocycles. The summed E-state index contributed by atoms with van der Waals surface area (Å²) in [4.78, 5) is 24.0. The Morgan fingerprint density at radius 3 is 2.61 bits per heavy atom. The van der Waals surface area contributed by atoms with Crippen molar-refractivity contribution in [2.24, 2.45) is 0 Å². The Balaban J connectivity index is 2.28. The minimum absolute atomic E-state index is 0.109. The topological polar surface area (TPSA) is 70.4 Å².